The zero-order chi connectivity index (χ0) is 20.9. The largest absolute Gasteiger partial charge is 0.504 e. The normalized spacial score (nSPS) is 14.3. The number of hydrogen-bond donors (Lipinski definition) is 3. The van der Waals surface area contributed by atoms with E-state index in [9.17, 15) is 23.1 Å². The standard InChI is InChI=1S/C19H21N3O6S/c23-16-5-1-2-6-17(16)28-13-18(24)20-21-19(25)14-7-9-15(10-8-14)29(26,27)22-11-3-4-12-22/h1-2,5-10,23H,3-4,11-13H2,(H,20,24)(H,21,25). The Morgan fingerprint density at radius 2 is 1.66 bits per heavy atom. The lowest BCUT2D eigenvalue weighted by molar-refractivity contribution is -0.123. The fourth-order valence-electron chi connectivity index (χ4n) is 2.81. The molecule has 1 aliphatic heterocycles. The fourth-order valence-corrected chi connectivity index (χ4v) is 4.33. The fraction of sp³-hybridized carbons (Fsp3) is 0.263. The molecule has 1 heterocycles. The Morgan fingerprint density at radius 1 is 1.00 bits per heavy atom. The molecular weight excluding hydrogens is 398 g/mol. The predicted octanol–water partition coefficient (Wildman–Crippen LogP) is 1.02. The van der Waals surface area contributed by atoms with Crippen LogP contribution in [0.25, 0.3) is 0 Å². The molecule has 0 spiro atoms. The Bertz CT molecular complexity index is 985. The number of aromatic hydroxyl groups is 1. The monoisotopic (exact) mass is 419 g/mol. The van der Waals surface area contributed by atoms with E-state index in [0.717, 1.165) is 12.8 Å². The number of nitrogens with one attached hydrogen (secondary N) is 2. The third-order valence-corrected chi connectivity index (χ3v) is 6.27. The van der Waals surface area contributed by atoms with Crippen LogP contribution in [0.2, 0.25) is 0 Å². The van der Waals surface area contributed by atoms with E-state index < -0.39 is 28.4 Å². The van der Waals surface area contributed by atoms with Gasteiger partial charge in [0.2, 0.25) is 10.0 Å². The number of rotatable bonds is 6. The first kappa shape index (κ1) is 20.6. The van der Waals surface area contributed by atoms with Crippen molar-refractivity contribution >= 4 is 21.8 Å². The van der Waals surface area contributed by atoms with E-state index in [1.54, 1.807) is 12.1 Å². The molecule has 154 valence electrons. The molecule has 0 saturated carbocycles. The van der Waals surface area contributed by atoms with E-state index in [4.69, 9.17) is 4.74 Å². The molecule has 3 N–H and O–H groups in total. The summed E-state index contributed by atoms with van der Waals surface area (Å²) in [6, 6.07) is 11.7. The third-order valence-electron chi connectivity index (χ3n) is 4.36. The van der Waals surface area contributed by atoms with Crippen molar-refractivity contribution < 1.29 is 27.9 Å². The van der Waals surface area contributed by atoms with Crippen LogP contribution in [0, 0.1) is 0 Å². The zero-order valence-corrected chi connectivity index (χ0v) is 16.3. The SMILES string of the molecule is O=C(COc1ccccc1O)NNC(=O)c1ccc(S(=O)(=O)N2CCCC2)cc1. The number of benzene rings is 2. The van der Waals surface area contributed by atoms with Crippen molar-refractivity contribution in [1.82, 2.24) is 15.2 Å². The Balaban J connectivity index is 1.51. The minimum atomic E-state index is -3.55. The number of nitrogens with zero attached hydrogens (tertiary/aromatic N) is 1. The molecule has 9 nitrogen and oxygen atoms in total. The average Bonchev–Trinajstić information content (AvgIpc) is 3.27. The van der Waals surface area contributed by atoms with Gasteiger partial charge in [-0.25, -0.2) is 8.42 Å². The summed E-state index contributed by atoms with van der Waals surface area (Å²) >= 11 is 0. The molecule has 29 heavy (non-hydrogen) atoms. The summed E-state index contributed by atoms with van der Waals surface area (Å²) in [6.45, 7) is 0.587. The molecule has 10 heteroatoms. The van der Waals surface area contributed by atoms with Crippen molar-refractivity contribution in [2.24, 2.45) is 0 Å². The molecule has 0 aromatic heterocycles. The topological polar surface area (TPSA) is 125 Å². The van der Waals surface area contributed by atoms with Crippen LogP contribution in [0.3, 0.4) is 0 Å². The highest BCUT2D eigenvalue weighted by Crippen LogP contribution is 2.24. The molecule has 2 aromatic rings. The Hall–Kier alpha value is -3.11. The summed E-state index contributed by atoms with van der Waals surface area (Å²) in [4.78, 5) is 24.0. The van der Waals surface area contributed by atoms with Crippen molar-refractivity contribution in [3.05, 3.63) is 54.1 Å². The molecule has 0 aliphatic carbocycles. The first-order valence-corrected chi connectivity index (χ1v) is 10.4. The van der Waals surface area contributed by atoms with Gasteiger partial charge in [-0.2, -0.15) is 4.31 Å². The number of carbonyl (C=O) groups is 2. The Labute approximate surface area is 168 Å². The number of ether oxygens (including phenoxy) is 1. The second-order valence-electron chi connectivity index (χ2n) is 6.39. The minimum Gasteiger partial charge on any atom is -0.504 e. The van der Waals surface area contributed by atoms with E-state index in [1.165, 1.54) is 40.7 Å². The van der Waals surface area contributed by atoms with Crippen molar-refractivity contribution in [3.63, 3.8) is 0 Å². The van der Waals surface area contributed by atoms with Gasteiger partial charge in [-0.15, -0.1) is 0 Å². The maximum atomic E-state index is 12.5. The van der Waals surface area contributed by atoms with E-state index in [-0.39, 0.29) is 22.0 Å². The van der Waals surface area contributed by atoms with Gasteiger partial charge in [0.1, 0.15) is 0 Å². The van der Waals surface area contributed by atoms with Crippen molar-refractivity contribution in [2.75, 3.05) is 19.7 Å². The highest BCUT2D eigenvalue weighted by Gasteiger charge is 2.27. The molecule has 0 radical (unpaired) electrons. The number of para-hydroxylation sites is 2. The van der Waals surface area contributed by atoms with Crippen molar-refractivity contribution in [3.8, 4) is 11.5 Å². The predicted molar refractivity (Wildman–Crippen MR) is 104 cm³/mol. The molecule has 1 fully saturated rings. The summed E-state index contributed by atoms with van der Waals surface area (Å²) in [5.41, 5.74) is 4.60. The van der Waals surface area contributed by atoms with Gasteiger partial charge >= 0.3 is 0 Å². The van der Waals surface area contributed by atoms with Gasteiger partial charge in [-0.3, -0.25) is 20.4 Å². The minimum absolute atomic E-state index is 0.103. The molecule has 2 aromatic carbocycles. The summed E-state index contributed by atoms with van der Waals surface area (Å²) in [5.74, 6) is -1.20. The van der Waals surface area contributed by atoms with Crippen LogP contribution in [0.5, 0.6) is 11.5 Å². The van der Waals surface area contributed by atoms with Gasteiger partial charge in [0.25, 0.3) is 11.8 Å². The summed E-state index contributed by atoms with van der Waals surface area (Å²) < 4.78 is 31.5. The summed E-state index contributed by atoms with van der Waals surface area (Å²) in [7, 11) is -3.55. The lowest BCUT2D eigenvalue weighted by Gasteiger charge is -2.15. The lowest BCUT2D eigenvalue weighted by Crippen LogP contribution is -2.43. The average molecular weight is 419 g/mol. The van der Waals surface area contributed by atoms with Crippen LogP contribution >= 0.6 is 0 Å². The number of carbonyl (C=O) groups excluding carboxylic acids is 2. The maximum Gasteiger partial charge on any atom is 0.276 e. The van der Waals surface area contributed by atoms with Crippen molar-refractivity contribution in [2.45, 2.75) is 17.7 Å². The van der Waals surface area contributed by atoms with Crippen molar-refractivity contribution in [1.29, 1.82) is 0 Å². The van der Waals surface area contributed by atoms with Crippen LogP contribution in [0.1, 0.15) is 23.2 Å². The highest BCUT2D eigenvalue weighted by molar-refractivity contribution is 7.89. The highest BCUT2D eigenvalue weighted by atomic mass is 32.2. The van der Waals surface area contributed by atoms with Gasteiger partial charge in [-0.1, -0.05) is 12.1 Å². The first-order valence-electron chi connectivity index (χ1n) is 8.98. The van der Waals surface area contributed by atoms with Gasteiger partial charge < -0.3 is 9.84 Å². The molecule has 3 rings (SSSR count). The number of phenolic OH excluding ortho intramolecular Hbond substituents is 1. The van der Waals surface area contributed by atoms with Gasteiger partial charge in [0.15, 0.2) is 18.1 Å². The van der Waals surface area contributed by atoms with Crippen LogP contribution in [0.4, 0.5) is 0 Å². The molecule has 1 aliphatic rings. The van der Waals surface area contributed by atoms with Gasteiger partial charge in [0.05, 0.1) is 4.90 Å². The zero-order valence-electron chi connectivity index (χ0n) is 15.5. The van der Waals surface area contributed by atoms with Crippen LogP contribution < -0.4 is 15.6 Å². The Kier molecular flexibility index (Phi) is 6.35. The number of amides is 2. The van der Waals surface area contributed by atoms with Crippen LogP contribution in [-0.4, -0.2) is 49.3 Å². The third kappa shape index (κ3) is 5.04. The lowest BCUT2D eigenvalue weighted by atomic mass is 10.2. The molecular formula is C19H21N3O6S. The molecule has 1 saturated heterocycles. The number of sulfonamides is 1. The second kappa shape index (κ2) is 8.93. The summed E-state index contributed by atoms with van der Waals surface area (Å²) in [5, 5.41) is 9.57. The van der Waals surface area contributed by atoms with Gasteiger partial charge in [-0.05, 0) is 49.2 Å². The molecule has 0 atom stereocenters. The number of hydrogen-bond acceptors (Lipinski definition) is 6. The molecule has 0 unspecified atom stereocenters. The first-order chi connectivity index (χ1) is 13.9. The van der Waals surface area contributed by atoms with E-state index in [1.807, 2.05) is 0 Å². The van der Waals surface area contributed by atoms with E-state index in [2.05, 4.69) is 10.9 Å². The second-order valence-corrected chi connectivity index (χ2v) is 8.33. The van der Waals surface area contributed by atoms with Crippen LogP contribution in [-0.2, 0) is 14.8 Å². The Morgan fingerprint density at radius 3 is 2.31 bits per heavy atom. The maximum absolute atomic E-state index is 12.5. The summed E-state index contributed by atoms with van der Waals surface area (Å²) in [6.07, 6.45) is 1.68. The molecule has 2 amide bonds. The van der Waals surface area contributed by atoms with Gasteiger partial charge in [0, 0.05) is 18.7 Å². The quantitative estimate of drug-likeness (QED) is 0.601. The smallest absolute Gasteiger partial charge is 0.276 e. The number of phenols is 1. The van der Waals surface area contributed by atoms with Crippen LogP contribution in [0.15, 0.2) is 53.4 Å². The van der Waals surface area contributed by atoms with E-state index in [0.29, 0.717) is 13.1 Å². The van der Waals surface area contributed by atoms with E-state index >= 15 is 0 Å². The molecule has 0 bridgehead atoms. The number of hydrazine groups is 1.